The van der Waals surface area contributed by atoms with Crippen LogP contribution in [-0.4, -0.2) is 30.9 Å². The molecule has 0 saturated carbocycles. The summed E-state index contributed by atoms with van der Waals surface area (Å²) >= 11 is 1.41. The molecule has 0 saturated heterocycles. The minimum atomic E-state index is -0.305. The second kappa shape index (κ2) is 8.35. The Labute approximate surface area is 163 Å². The number of carbonyl (C=O) groups is 1. The van der Waals surface area contributed by atoms with Crippen LogP contribution in [0.15, 0.2) is 47.9 Å². The Bertz CT molecular complexity index is 919. The highest BCUT2D eigenvalue weighted by molar-refractivity contribution is 8.00. The Morgan fingerprint density at radius 3 is 2.56 bits per heavy atom. The maximum atomic E-state index is 12.7. The first-order valence-electron chi connectivity index (χ1n) is 8.88. The number of aryl methyl sites for hydroxylation is 2. The van der Waals surface area contributed by atoms with Crippen molar-refractivity contribution in [3.05, 3.63) is 53.9 Å². The van der Waals surface area contributed by atoms with Crippen molar-refractivity contribution in [2.24, 2.45) is 0 Å². The molecule has 1 atom stereocenters. The maximum absolute atomic E-state index is 12.7. The van der Waals surface area contributed by atoms with E-state index >= 15 is 0 Å². The zero-order chi connectivity index (χ0) is 19.4. The molecule has 0 spiro atoms. The van der Waals surface area contributed by atoms with E-state index in [9.17, 15) is 4.79 Å². The number of rotatable bonds is 6. The van der Waals surface area contributed by atoms with Crippen LogP contribution in [0.3, 0.4) is 0 Å². The molecule has 27 heavy (non-hydrogen) atoms. The van der Waals surface area contributed by atoms with Crippen molar-refractivity contribution in [2.45, 2.75) is 44.6 Å². The van der Waals surface area contributed by atoms with Crippen LogP contribution in [-0.2, 0) is 11.3 Å². The van der Waals surface area contributed by atoms with Crippen molar-refractivity contribution in [1.82, 2.24) is 19.7 Å². The number of hydrogen-bond donors (Lipinski definition) is 1. The fraction of sp³-hybridized carbons (Fsp3) is 0.300. The molecule has 140 valence electrons. The number of thioether (sulfide) groups is 1. The van der Waals surface area contributed by atoms with Crippen LogP contribution in [0.4, 0.5) is 5.69 Å². The molecule has 1 aromatic carbocycles. The van der Waals surface area contributed by atoms with E-state index in [1.54, 1.807) is 12.4 Å². The van der Waals surface area contributed by atoms with E-state index < -0.39 is 0 Å². The molecular formula is C20H23N5OS. The second-order valence-corrected chi connectivity index (χ2v) is 7.62. The molecule has 0 aliphatic heterocycles. The molecule has 7 heteroatoms. The fourth-order valence-electron chi connectivity index (χ4n) is 2.82. The largest absolute Gasteiger partial charge is 0.325 e. The topological polar surface area (TPSA) is 72.7 Å². The van der Waals surface area contributed by atoms with Crippen molar-refractivity contribution < 1.29 is 4.79 Å². The van der Waals surface area contributed by atoms with Gasteiger partial charge in [0.1, 0.15) is 0 Å². The lowest BCUT2D eigenvalue weighted by Crippen LogP contribution is -2.23. The van der Waals surface area contributed by atoms with Crippen LogP contribution in [0, 0.1) is 13.8 Å². The number of para-hydroxylation sites is 1. The molecular weight excluding hydrogens is 358 g/mol. The van der Waals surface area contributed by atoms with E-state index in [-0.39, 0.29) is 11.2 Å². The highest BCUT2D eigenvalue weighted by Gasteiger charge is 2.21. The summed E-state index contributed by atoms with van der Waals surface area (Å²) in [6.07, 6.45) is 3.49. The number of anilines is 1. The molecule has 2 heterocycles. The van der Waals surface area contributed by atoms with E-state index in [4.69, 9.17) is 0 Å². The Hall–Kier alpha value is -2.67. The highest BCUT2D eigenvalue weighted by Crippen LogP contribution is 2.28. The summed E-state index contributed by atoms with van der Waals surface area (Å²) in [6, 6.07) is 9.80. The van der Waals surface area contributed by atoms with Crippen LogP contribution < -0.4 is 5.32 Å². The van der Waals surface area contributed by atoms with Gasteiger partial charge in [-0.1, -0.05) is 30.0 Å². The summed E-state index contributed by atoms with van der Waals surface area (Å²) in [5.74, 6) is 0.710. The number of benzene rings is 1. The first-order valence-corrected chi connectivity index (χ1v) is 9.76. The van der Waals surface area contributed by atoms with E-state index in [0.29, 0.717) is 6.54 Å². The fourth-order valence-corrected chi connectivity index (χ4v) is 3.73. The van der Waals surface area contributed by atoms with Gasteiger partial charge in [0.25, 0.3) is 0 Å². The molecule has 3 rings (SSSR count). The lowest BCUT2D eigenvalue weighted by atomic mass is 10.1. The first kappa shape index (κ1) is 19.1. The van der Waals surface area contributed by atoms with Gasteiger partial charge in [0.2, 0.25) is 5.91 Å². The third-order valence-corrected chi connectivity index (χ3v) is 5.41. The van der Waals surface area contributed by atoms with Gasteiger partial charge in [0.05, 0.1) is 5.25 Å². The van der Waals surface area contributed by atoms with Gasteiger partial charge in [-0.2, -0.15) is 0 Å². The number of hydrogen-bond acceptors (Lipinski definition) is 5. The summed E-state index contributed by atoms with van der Waals surface area (Å²) in [7, 11) is 0. The molecule has 1 unspecified atom stereocenters. The lowest BCUT2D eigenvalue weighted by molar-refractivity contribution is -0.115. The predicted octanol–water partition coefficient (Wildman–Crippen LogP) is 4.10. The summed E-state index contributed by atoms with van der Waals surface area (Å²) in [6.45, 7) is 8.62. The minimum Gasteiger partial charge on any atom is -0.325 e. The maximum Gasteiger partial charge on any atom is 0.237 e. The number of nitrogens with one attached hydrogen (secondary N) is 1. The summed E-state index contributed by atoms with van der Waals surface area (Å²) in [4.78, 5) is 16.8. The molecule has 6 nitrogen and oxygen atoms in total. The molecule has 3 aromatic rings. The van der Waals surface area contributed by atoms with Gasteiger partial charge >= 0.3 is 0 Å². The smallest absolute Gasteiger partial charge is 0.237 e. The molecule has 0 aliphatic carbocycles. The van der Waals surface area contributed by atoms with E-state index in [2.05, 4.69) is 20.5 Å². The quantitative estimate of drug-likeness (QED) is 0.651. The first-order chi connectivity index (χ1) is 13.0. The summed E-state index contributed by atoms with van der Waals surface area (Å²) < 4.78 is 2.00. The summed E-state index contributed by atoms with van der Waals surface area (Å²) in [5, 5.41) is 12.1. The van der Waals surface area contributed by atoms with Gasteiger partial charge in [-0.3, -0.25) is 9.78 Å². The monoisotopic (exact) mass is 381 g/mol. The Kier molecular flexibility index (Phi) is 5.91. The lowest BCUT2D eigenvalue weighted by Gasteiger charge is -2.15. The van der Waals surface area contributed by atoms with E-state index in [1.807, 2.05) is 62.6 Å². The summed E-state index contributed by atoms with van der Waals surface area (Å²) in [5.41, 5.74) is 3.89. The average molecular weight is 382 g/mol. The third-order valence-electron chi connectivity index (χ3n) is 4.33. The van der Waals surface area contributed by atoms with Gasteiger partial charge in [-0.05, 0) is 51.0 Å². The number of carbonyl (C=O) groups excluding carboxylic acids is 1. The van der Waals surface area contributed by atoms with E-state index in [1.165, 1.54) is 11.8 Å². The highest BCUT2D eigenvalue weighted by atomic mass is 32.2. The van der Waals surface area contributed by atoms with Gasteiger partial charge in [-0.25, -0.2) is 0 Å². The molecule has 1 N–H and O–H groups in total. The van der Waals surface area contributed by atoms with Crippen LogP contribution in [0.2, 0.25) is 0 Å². The van der Waals surface area contributed by atoms with Gasteiger partial charge in [0.15, 0.2) is 11.0 Å². The van der Waals surface area contributed by atoms with Crippen molar-refractivity contribution in [2.75, 3.05) is 5.32 Å². The second-order valence-electron chi connectivity index (χ2n) is 6.31. The molecule has 0 bridgehead atoms. The van der Waals surface area contributed by atoms with Gasteiger partial charge in [-0.15, -0.1) is 10.2 Å². The van der Waals surface area contributed by atoms with Crippen LogP contribution >= 0.6 is 11.8 Å². The molecule has 0 aliphatic rings. The Morgan fingerprint density at radius 1 is 1.19 bits per heavy atom. The SMILES string of the molecule is CCn1c(SC(C)C(=O)Nc2c(C)cccc2C)nnc1-c1cccnc1. The molecule has 1 amide bonds. The van der Waals surface area contributed by atoms with Crippen molar-refractivity contribution in [1.29, 1.82) is 0 Å². The zero-order valence-electron chi connectivity index (χ0n) is 15.9. The van der Waals surface area contributed by atoms with Crippen LogP contribution in [0.5, 0.6) is 0 Å². The average Bonchev–Trinajstić information content (AvgIpc) is 3.07. The zero-order valence-corrected chi connectivity index (χ0v) is 16.7. The number of aromatic nitrogens is 4. The standard InChI is InChI=1S/C20H23N5OS/c1-5-25-18(16-10-7-11-21-12-16)23-24-20(25)27-15(4)19(26)22-17-13(2)8-6-9-14(17)3/h6-12,15H,5H2,1-4H3,(H,22,26). The van der Waals surface area contributed by atoms with E-state index in [0.717, 1.165) is 33.4 Å². The van der Waals surface area contributed by atoms with Crippen LogP contribution in [0.1, 0.15) is 25.0 Å². The number of amides is 1. The molecule has 2 aromatic heterocycles. The van der Waals surface area contributed by atoms with Gasteiger partial charge < -0.3 is 9.88 Å². The van der Waals surface area contributed by atoms with Crippen molar-refractivity contribution in [3.63, 3.8) is 0 Å². The van der Waals surface area contributed by atoms with Crippen LogP contribution in [0.25, 0.3) is 11.4 Å². The number of nitrogens with zero attached hydrogens (tertiary/aromatic N) is 4. The predicted molar refractivity (Wildman–Crippen MR) is 109 cm³/mol. The minimum absolute atomic E-state index is 0.0500. The van der Waals surface area contributed by atoms with Crippen molar-refractivity contribution >= 4 is 23.4 Å². The normalized spacial score (nSPS) is 12.0. The number of pyridine rings is 1. The Balaban J connectivity index is 1.77. The molecule has 0 radical (unpaired) electrons. The molecule has 0 fully saturated rings. The Morgan fingerprint density at radius 2 is 1.93 bits per heavy atom. The van der Waals surface area contributed by atoms with Crippen molar-refractivity contribution in [3.8, 4) is 11.4 Å². The third kappa shape index (κ3) is 4.19. The van der Waals surface area contributed by atoms with Gasteiger partial charge in [0, 0.05) is 30.2 Å².